The predicted octanol–water partition coefficient (Wildman–Crippen LogP) is 2.22. The molecule has 3 N–H and O–H groups in total. The van der Waals surface area contributed by atoms with Crippen LogP contribution >= 0.6 is 0 Å². The van der Waals surface area contributed by atoms with Crippen LogP contribution in [0.3, 0.4) is 0 Å². The van der Waals surface area contributed by atoms with Gasteiger partial charge in [-0.15, -0.1) is 0 Å². The lowest BCUT2D eigenvalue weighted by atomic mass is 9.95. The largest absolute Gasteiger partial charge is 0.508 e. The van der Waals surface area contributed by atoms with E-state index in [0.29, 0.717) is 5.56 Å². The van der Waals surface area contributed by atoms with Gasteiger partial charge in [-0.1, -0.05) is 6.42 Å². The average molecular weight is 207 g/mol. The molecule has 3 heteroatoms. The van der Waals surface area contributed by atoms with Gasteiger partial charge in [-0.2, -0.15) is 0 Å². The van der Waals surface area contributed by atoms with Crippen LogP contribution in [0, 0.1) is 6.92 Å². The van der Waals surface area contributed by atoms with Gasteiger partial charge in [0.1, 0.15) is 11.5 Å². The number of aryl methyl sites for hydroxylation is 1. The number of piperidine rings is 1. The number of phenolic OH excluding ortho intramolecular Hbond substituents is 2. The Morgan fingerprint density at radius 3 is 2.67 bits per heavy atom. The minimum absolute atomic E-state index is 0.185. The Morgan fingerprint density at radius 1 is 1.20 bits per heavy atom. The van der Waals surface area contributed by atoms with Gasteiger partial charge >= 0.3 is 0 Å². The SMILES string of the molecule is Cc1cc(O)c(C2CCCCN2)cc1O. The van der Waals surface area contributed by atoms with Crippen molar-refractivity contribution in [3.63, 3.8) is 0 Å². The Bertz CT molecular complexity index is 357. The Hall–Kier alpha value is -1.22. The topological polar surface area (TPSA) is 52.5 Å². The van der Waals surface area contributed by atoms with Crippen LogP contribution in [0.4, 0.5) is 0 Å². The van der Waals surface area contributed by atoms with Crippen LogP contribution in [0.1, 0.15) is 36.4 Å². The molecule has 0 amide bonds. The number of hydrogen-bond donors (Lipinski definition) is 3. The molecule has 15 heavy (non-hydrogen) atoms. The smallest absolute Gasteiger partial charge is 0.120 e. The fraction of sp³-hybridized carbons (Fsp3) is 0.500. The minimum atomic E-state index is 0.185. The van der Waals surface area contributed by atoms with Crippen LogP contribution < -0.4 is 5.32 Å². The van der Waals surface area contributed by atoms with E-state index in [9.17, 15) is 10.2 Å². The second kappa shape index (κ2) is 4.11. The van der Waals surface area contributed by atoms with Crippen molar-refractivity contribution in [1.82, 2.24) is 5.32 Å². The minimum Gasteiger partial charge on any atom is -0.508 e. The van der Waals surface area contributed by atoms with Crippen molar-refractivity contribution in [3.8, 4) is 11.5 Å². The molecule has 1 unspecified atom stereocenters. The van der Waals surface area contributed by atoms with Crippen LogP contribution in [0.5, 0.6) is 11.5 Å². The zero-order valence-corrected chi connectivity index (χ0v) is 8.95. The van der Waals surface area contributed by atoms with Crippen molar-refractivity contribution in [2.45, 2.75) is 32.2 Å². The lowest BCUT2D eigenvalue weighted by molar-refractivity contribution is 0.386. The number of phenols is 2. The maximum absolute atomic E-state index is 9.82. The summed E-state index contributed by atoms with van der Waals surface area (Å²) in [5.74, 6) is 0.542. The second-order valence-corrected chi connectivity index (χ2v) is 4.20. The molecule has 0 aromatic heterocycles. The normalized spacial score (nSPS) is 21.5. The van der Waals surface area contributed by atoms with Gasteiger partial charge in [0.25, 0.3) is 0 Å². The molecule has 0 saturated carbocycles. The van der Waals surface area contributed by atoms with E-state index in [1.54, 1.807) is 19.1 Å². The first-order valence-corrected chi connectivity index (χ1v) is 5.44. The quantitative estimate of drug-likeness (QED) is 0.619. The molecule has 1 aliphatic heterocycles. The third-order valence-corrected chi connectivity index (χ3v) is 3.03. The predicted molar refractivity (Wildman–Crippen MR) is 59.1 cm³/mol. The summed E-state index contributed by atoms with van der Waals surface area (Å²) in [4.78, 5) is 0. The third-order valence-electron chi connectivity index (χ3n) is 3.03. The van der Waals surface area contributed by atoms with Gasteiger partial charge in [-0.3, -0.25) is 0 Å². The van der Waals surface area contributed by atoms with E-state index in [1.807, 2.05) is 0 Å². The first-order chi connectivity index (χ1) is 7.18. The molecule has 1 aliphatic rings. The van der Waals surface area contributed by atoms with Crippen LogP contribution in [0.2, 0.25) is 0 Å². The van der Waals surface area contributed by atoms with E-state index in [4.69, 9.17) is 0 Å². The molecule has 1 aromatic rings. The molecule has 2 rings (SSSR count). The van der Waals surface area contributed by atoms with Gasteiger partial charge in [-0.05, 0) is 44.0 Å². The van der Waals surface area contributed by atoms with E-state index < -0.39 is 0 Å². The summed E-state index contributed by atoms with van der Waals surface area (Å²) in [5, 5.41) is 22.8. The summed E-state index contributed by atoms with van der Waals surface area (Å²) >= 11 is 0. The number of nitrogens with one attached hydrogen (secondary N) is 1. The van der Waals surface area contributed by atoms with Crippen LogP contribution in [-0.4, -0.2) is 16.8 Å². The number of aromatic hydroxyl groups is 2. The van der Waals surface area contributed by atoms with E-state index in [2.05, 4.69) is 5.32 Å². The molecule has 82 valence electrons. The van der Waals surface area contributed by atoms with Gasteiger partial charge in [0.05, 0.1) is 0 Å². The molecule has 0 spiro atoms. The fourth-order valence-corrected chi connectivity index (χ4v) is 2.09. The highest BCUT2D eigenvalue weighted by Crippen LogP contribution is 2.34. The lowest BCUT2D eigenvalue weighted by Gasteiger charge is -2.24. The highest BCUT2D eigenvalue weighted by molar-refractivity contribution is 5.45. The maximum atomic E-state index is 9.82. The molecule has 1 atom stereocenters. The van der Waals surface area contributed by atoms with Gasteiger partial charge in [0.15, 0.2) is 0 Å². The van der Waals surface area contributed by atoms with Crippen LogP contribution in [-0.2, 0) is 0 Å². The van der Waals surface area contributed by atoms with Crippen molar-refractivity contribution in [2.24, 2.45) is 0 Å². The summed E-state index contributed by atoms with van der Waals surface area (Å²) in [7, 11) is 0. The van der Waals surface area contributed by atoms with E-state index >= 15 is 0 Å². The molecule has 1 aromatic carbocycles. The second-order valence-electron chi connectivity index (χ2n) is 4.20. The van der Waals surface area contributed by atoms with E-state index in [1.165, 1.54) is 12.8 Å². The van der Waals surface area contributed by atoms with Gasteiger partial charge in [0.2, 0.25) is 0 Å². The summed E-state index contributed by atoms with van der Waals surface area (Å²) in [6.45, 7) is 2.77. The zero-order valence-electron chi connectivity index (χ0n) is 8.95. The van der Waals surface area contributed by atoms with E-state index in [-0.39, 0.29) is 17.5 Å². The highest BCUT2D eigenvalue weighted by atomic mass is 16.3. The zero-order chi connectivity index (χ0) is 10.8. The molecule has 1 heterocycles. The first kappa shape index (κ1) is 10.3. The Kier molecular flexibility index (Phi) is 2.82. The summed E-state index contributed by atoms with van der Waals surface area (Å²) in [6, 6.07) is 3.49. The fourth-order valence-electron chi connectivity index (χ4n) is 2.09. The average Bonchev–Trinajstić information content (AvgIpc) is 2.25. The standard InChI is InChI=1S/C12H17NO2/c1-8-6-12(15)9(7-11(8)14)10-4-2-3-5-13-10/h6-7,10,13-15H,2-5H2,1H3. The third kappa shape index (κ3) is 2.07. The molecule has 1 saturated heterocycles. The molecule has 0 radical (unpaired) electrons. The summed E-state index contributed by atoms with van der Waals surface area (Å²) < 4.78 is 0. The Balaban J connectivity index is 2.30. The van der Waals surface area contributed by atoms with Crippen molar-refractivity contribution in [1.29, 1.82) is 0 Å². The van der Waals surface area contributed by atoms with Crippen molar-refractivity contribution >= 4 is 0 Å². The summed E-state index contributed by atoms with van der Waals surface area (Å²) in [6.07, 6.45) is 3.39. The number of rotatable bonds is 1. The number of benzene rings is 1. The van der Waals surface area contributed by atoms with Crippen molar-refractivity contribution in [2.75, 3.05) is 6.54 Å². The van der Waals surface area contributed by atoms with Crippen molar-refractivity contribution in [3.05, 3.63) is 23.3 Å². The summed E-state index contributed by atoms with van der Waals surface area (Å²) in [5.41, 5.74) is 1.53. The molecule has 3 nitrogen and oxygen atoms in total. The molecular weight excluding hydrogens is 190 g/mol. The maximum Gasteiger partial charge on any atom is 0.120 e. The molecule has 1 fully saturated rings. The monoisotopic (exact) mass is 207 g/mol. The highest BCUT2D eigenvalue weighted by Gasteiger charge is 2.18. The lowest BCUT2D eigenvalue weighted by Crippen LogP contribution is -2.26. The van der Waals surface area contributed by atoms with E-state index in [0.717, 1.165) is 18.5 Å². The Labute approximate surface area is 89.8 Å². The number of hydrogen-bond acceptors (Lipinski definition) is 3. The van der Waals surface area contributed by atoms with Crippen LogP contribution in [0.15, 0.2) is 12.1 Å². The molecule has 0 bridgehead atoms. The molecule has 0 aliphatic carbocycles. The molecular formula is C12H17NO2. The van der Waals surface area contributed by atoms with Gasteiger partial charge < -0.3 is 15.5 Å². The van der Waals surface area contributed by atoms with Gasteiger partial charge in [-0.25, -0.2) is 0 Å². The first-order valence-electron chi connectivity index (χ1n) is 5.44. The van der Waals surface area contributed by atoms with Gasteiger partial charge in [0, 0.05) is 11.6 Å². The Morgan fingerprint density at radius 2 is 2.00 bits per heavy atom. The van der Waals surface area contributed by atoms with Crippen molar-refractivity contribution < 1.29 is 10.2 Å². The van der Waals surface area contributed by atoms with Crippen LogP contribution in [0.25, 0.3) is 0 Å².